The van der Waals surface area contributed by atoms with E-state index >= 15 is 0 Å². The van der Waals surface area contributed by atoms with Crippen molar-refractivity contribution in [2.24, 2.45) is 22.7 Å². The van der Waals surface area contributed by atoms with Crippen molar-refractivity contribution < 1.29 is 4.79 Å². The molecular formula is C9H15N3O. The third-order valence-corrected chi connectivity index (χ3v) is 3.17. The smallest absolute Gasteiger partial charge is 0.332 e. The first-order valence-electron chi connectivity index (χ1n) is 4.89. The van der Waals surface area contributed by atoms with E-state index in [-0.39, 0.29) is 0 Å². The van der Waals surface area contributed by atoms with Gasteiger partial charge in [0.05, 0.1) is 0 Å². The monoisotopic (exact) mass is 181 g/mol. The second-order valence-electron chi connectivity index (χ2n) is 3.92. The first-order valence-corrected chi connectivity index (χ1v) is 4.89. The Bertz CT molecular complexity index is 249. The maximum atomic E-state index is 10.5. The van der Waals surface area contributed by atoms with Crippen molar-refractivity contribution in [3.05, 3.63) is 0 Å². The third kappa shape index (κ3) is 1.66. The van der Waals surface area contributed by atoms with Crippen LogP contribution in [0.4, 0.5) is 4.79 Å². The molecule has 2 aliphatic carbocycles. The number of carbonyl (C=O) groups is 1. The number of nitrogens with one attached hydrogen (secondary N) is 1. The number of primary amides is 1. The minimum absolute atomic E-state index is 0.561. The second kappa shape index (κ2) is 3.36. The highest BCUT2D eigenvalue weighted by Gasteiger charge is 2.36. The van der Waals surface area contributed by atoms with E-state index < -0.39 is 6.03 Å². The van der Waals surface area contributed by atoms with Crippen LogP contribution in [0.1, 0.15) is 32.1 Å². The van der Waals surface area contributed by atoms with Crippen LogP contribution < -0.4 is 11.2 Å². The molecule has 0 aromatic heterocycles. The summed E-state index contributed by atoms with van der Waals surface area (Å²) < 4.78 is 0. The number of fused-ring (bicyclic) bond motifs is 1. The Kier molecular flexibility index (Phi) is 2.20. The summed E-state index contributed by atoms with van der Waals surface area (Å²) in [4.78, 5) is 10.5. The van der Waals surface area contributed by atoms with E-state index in [0.29, 0.717) is 5.92 Å². The molecule has 2 saturated carbocycles. The molecule has 2 rings (SSSR count). The third-order valence-electron chi connectivity index (χ3n) is 3.17. The molecule has 2 atom stereocenters. The van der Waals surface area contributed by atoms with Crippen LogP contribution in [0.15, 0.2) is 5.10 Å². The van der Waals surface area contributed by atoms with E-state index in [1.807, 2.05) is 0 Å². The van der Waals surface area contributed by atoms with Gasteiger partial charge in [-0.1, -0.05) is 6.42 Å². The van der Waals surface area contributed by atoms with Gasteiger partial charge in [-0.05, 0) is 31.6 Å². The second-order valence-corrected chi connectivity index (χ2v) is 3.92. The summed E-state index contributed by atoms with van der Waals surface area (Å²) in [6.45, 7) is 0. The Morgan fingerprint density at radius 2 is 2.31 bits per heavy atom. The lowest BCUT2D eigenvalue weighted by Gasteiger charge is -2.08. The average Bonchev–Trinajstić information content (AvgIpc) is 2.60. The van der Waals surface area contributed by atoms with Gasteiger partial charge in [0.25, 0.3) is 0 Å². The average molecular weight is 181 g/mol. The fourth-order valence-corrected chi connectivity index (χ4v) is 2.61. The maximum absolute atomic E-state index is 10.5. The van der Waals surface area contributed by atoms with Crippen molar-refractivity contribution in [3.63, 3.8) is 0 Å². The Morgan fingerprint density at radius 3 is 3.08 bits per heavy atom. The van der Waals surface area contributed by atoms with Crippen LogP contribution in [-0.2, 0) is 0 Å². The Hall–Kier alpha value is -1.06. The Labute approximate surface area is 77.6 Å². The van der Waals surface area contributed by atoms with Gasteiger partial charge >= 0.3 is 6.03 Å². The number of urea groups is 1. The largest absolute Gasteiger partial charge is 0.350 e. The fourth-order valence-electron chi connectivity index (χ4n) is 2.61. The standard InChI is InChI=1S/C9H15N3O/c10-9(13)12-11-8-5-4-6-2-1-3-7(6)8/h6-7H,1-5H2,(H3,10,12,13)/b11-8-/t6-,7-/m0/s1. The van der Waals surface area contributed by atoms with Crippen LogP contribution in [0, 0.1) is 11.8 Å². The lowest BCUT2D eigenvalue weighted by molar-refractivity contribution is 0.249. The van der Waals surface area contributed by atoms with Crippen LogP contribution in [-0.4, -0.2) is 11.7 Å². The summed E-state index contributed by atoms with van der Waals surface area (Å²) in [6, 6.07) is -0.561. The molecule has 0 radical (unpaired) electrons. The van der Waals surface area contributed by atoms with E-state index in [1.54, 1.807) is 0 Å². The molecule has 3 N–H and O–H groups in total. The molecule has 0 saturated heterocycles. The van der Waals surface area contributed by atoms with Gasteiger partial charge in [-0.25, -0.2) is 10.2 Å². The topological polar surface area (TPSA) is 67.5 Å². The maximum Gasteiger partial charge on any atom is 0.332 e. The molecule has 0 bridgehead atoms. The number of nitrogens with two attached hydrogens (primary N) is 1. The number of nitrogens with zero attached hydrogens (tertiary/aromatic N) is 1. The number of hydrazone groups is 1. The predicted octanol–water partition coefficient (Wildman–Crippen LogP) is 1.22. The predicted molar refractivity (Wildman–Crippen MR) is 50.2 cm³/mol. The number of carbonyl (C=O) groups excluding carboxylic acids is 1. The van der Waals surface area contributed by atoms with Crippen molar-refractivity contribution >= 4 is 11.7 Å². The first-order chi connectivity index (χ1) is 6.27. The van der Waals surface area contributed by atoms with E-state index in [9.17, 15) is 4.79 Å². The van der Waals surface area contributed by atoms with Gasteiger partial charge in [0, 0.05) is 11.6 Å². The van der Waals surface area contributed by atoms with Crippen molar-refractivity contribution in [1.29, 1.82) is 0 Å². The van der Waals surface area contributed by atoms with Crippen LogP contribution in [0.25, 0.3) is 0 Å². The minimum Gasteiger partial charge on any atom is -0.350 e. The number of hydrogen-bond donors (Lipinski definition) is 2. The first kappa shape index (κ1) is 8.53. The van der Waals surface area contributed by atoms with Crippen molar-refractivity contribution in [2.45, 2.75) is 32.1 Å². The highest BCUT2D eigenvalue weighted by atomic mass is 16.2. The molecule has 13 heavy (non-hydrogen) atoms. The number of hydrogen-bond acceptors (Lipinski definition) is 2. The molecule has 2 amide bonds. The summed E-state index contributed by atoms with van der Waals surface area (Å²) in [5.41, 5.74) is 8.43. The normalized spacial score (nSPS) is 34.9. The zero-order valence-electron chi connectivity index (χ0n) is 7.62. The van der Waals surface area contributed by atoms with Gasteiger partial charge in [0.2, 0.25) is 0 Å². The van der Waals surface area contributed by atoms with Crippen LogP contribution in [0.2, 0.25) is 0 Å². The molecule has 4 heteroatoms. The summed E-state index contributed by atoms with van der Waals surface area (Å²) in [6.07, 6.45) is 6.16. The minimum atomic E-state index is -0.561. The van der Waals surface area contributed by atoms with Gasteiger partial charge in [-0.15, -0.1) is 0 Å². The molecule has 0 unspecified atom stereocenters. The molecule has 0 aliphatic heterocycles. The van der Waals surface area contributed by atoms with E-state index in [4.69, 9.17) is 5.73 Å². The van der Waals surface area contributed by atoms with Crippen molar-refractivity contribution in [1.82, 2.24) is 5.43 Å². The van der Waals surface area contributed by atoms with Gasteiger partial charge < -0.3 is 5.73 Å². The van der Waals surface area contributed by atoms with Gasteiger partial charge in [-0.3, -0.25) is 0 Å². The van der Waals surface area contributed by atoms with Gasteiger partial charge in [-0.2, -0.15) is 5.10 Å². The summed E-state index contributed by atoms with van der Waals surface area (Å²) in [5, 5.41) is 4.06. The Balaban J connectivity index is 2.00. The van der Waals surface area contributed by atoms with Crippen molar-refractivity contribution in [3.8, 4) is 0 Å². The van der Waals surface area contributed by atoms with E-state index in [0.717, 1.165) is 18.1 Å². The lowest BCUT2D eigenvalue weighted by atomic mass is 10.00. The highest BCUT2D eigenvalue weighted by molar-refractivity contribution is 5.90. The molecule has 0 aromatic carbocycles. The molecule has 72 valence electrons. The van der Waals surface area contributed by atoms with Gasteiger partial charge in [0.15, 0.2) is 0 Å². The zero-order chi connectivity index (χ0) is 9.26. The molecular weight excluding hydrogens is 166 g/mol. The lowest BCUT2D eigenvalue weighted by Crippen LogP contribution is -2.26. The van der Waals surface area contributed by atoms with E-state index in [2.05, 4.69) is 10.5 Å². The summed E-state index contributed by atoms with van der Waals surface area (Å²) in [5.74, 6) is 1.46. The van der Waals surface area contributed by atoms with E-state index in [1.165, 1.54) is 25.7 Å². The van der Waals surface area contributed by atoms with Crippen LogP contribution in [0.3, 0.4) is 0 Å². The molecule has 2 aliphatic rings. The zero-order valence-corrected chi connectivity index (χ0v) is 7.62. The quantitative estimate of drug-likeness (QED) is 0.587. The van der Waals surface area contributed by atoms with Crippen LogP contribution in [0.5, 0.6) is 0 Å². The molecule has 0 aromatic rings. The molecule has 2 fully saturated rings. The Morgan fingerprint density at radius 1 is 1.46 bits per heavy atom. The number of rotatable bonds is 1. The molecule has 0 spiro atoms. The molecule has 0 heterocycles. The summed E-state index contributed by atoms with van der Waals surface area (Å²) >= 11 is 0. The number of amides is 2. The van der Waals surface area contributed by atoms with Crippen LogP contribution >= 0.6 is 0 Å². The SMILES string of the molecule is NC(=O)N/N=C1/CC[C@@H]2CCC[C@H]12. The summed E-state index contributed by atoms with van der Waals surface area (Å²) in [7, 11) is 0. The highest BCUT2D eigenvalue weighted by Crippen LogP contribution is 2.42. The van der Waals surface area contributed by atoms with Crippen molar-refractivity contribution in [2.75, 3.05) is 0 Å². The van der Waals surface area contributed by atoms with Gasteiger partial charge in [0.1, 0.15) is 0 Å². The fraction of sp³-hybridized carbons (Fsp3) is 0.778. The molecule has 4 nitrogen and oxygen atoms in total.